The molecule has 0 spiro atoms. The number of carbonyl (C=O) groups excluding carboxylic acids is 1. The normalized spacial score (nSPS) is 9.92. The fourth-order valence-corrected chi connectivity index (χ4v) is 1.36. The maximum atomic E-state index is 12.6. The molecule has 0 radical (unpaired) electrons. The van der Waals surface area contributed by atoms with Gasteiger partial charge in [0.15, 0.2) is 0 Å². The number of rotatable bonds is 2. The third kappa shape index (κ3) is 2.57. The topological polar surface area (TPSA) is 17.1 Å². The molecule has 1 aromatic rings. The van der Waals surface area contributed by atoms with Gasteiger partial charge < -0.3 is 0 Å². The summed E-state index contributed by atoms with van der Waals surface area (Å²) in [6.45, 7) is 0. The first-order valence-electron chi connectivity index (χ1n) is 3.22. The van der Waals surface area contributed by atoms with Crippen molar-refractivity contribution >= 4 is 32.8 Å². The van der Waals surface area contributed by atoms with Crippen LogP contribution in [0.2, 0.25) is 0 Å². The van der Waals surface area contributed by atoms with Crippen molar-refractivity contribution < 1.29 is 9.18 Å². The number of hydrogen-bond acceptors (Lipinski definition) is 1. The van der Waals surface area contributed by atoms with Gasteiger partial charge in [0.25, 0.3) is 0 Å². The van der Waals surface area contributed by atoms with E-state index in [0.29, 0.717) is 10.0 Å². The second-order valence-electron chi connectivity index (χ2n) is 2.27. The Morgan fingerprint density at radius 3 is 2.83 bits per heavy atom. The van der Waals surface area contributed by atoms with Crippen molar-refractivity contribution in [3.63, 3.8) is 0 Å². The Morgan fingerprint density at radius 1 is 1.58 bits per heavy atom. The quantitative estimate of drug-likeness (QED) is 0.739. The Morgan fingerprint density at radius 2 is 2.25 bits per heavy atom. The van der Waals surface area contributed by atoms with E-state index in [1.807, 2.05) is 0 Å². The Labute approximate surface area is 82.7 Å². The average Bonchev–Trinajstić information content (AvgIpc) is 1.96. The molecule has 0 bridgehead atoms. The lowest BCUT2D eigenvalue weighted by molar-refractivity contribution is -0.111. The van der Waals surface area contributed by atoms with Gasteiger partial charge in [-0.15, -0.1) is 0 Å². The third-order valence-electron chi connectivity index (χ3n) is 1.34. The predicted octanol–water partition coefficient (Wildman–Crippen LogP) is 2.90. The summed E-state index contributed by atoms with van der Waals surface area (Å²) >= 11 is 8.34. The predicted molar refractivity (Wildman–Crippen MR) is 48.7 cm³/mol. The summed E-state index contributed by atoms with van der Waals surface area (Å²) in [5.41, 5.74) is 0.565. The lowest BCUT2D eigenvalue weighted by atomic mass is 10.2. The molecule has 4 heteroatoms. The molecule has 1 rings (SSSR count). The van der Waals surface area contributed by atoms with Crippen molar-refractivity contribution in [3.8, 4) is 0 Å². The highest BCUT2D eigenvalue weighted by molar-refractivity contribution is 9.10. The highest BCUT2D eigenvalue weighted by Crippen LogP contribution is 2.18. The van der Waals surface area contributed by atoms with E-state index < -0.39 is 5.24 Å². The molecule has 1 nitrogen and oxygen atoms in total. The van der Waals surface area contributed by atoms with E-state index in [-0.39, 0.29) is 12.2 Å². The van der Waals surface area contributed by atoms with Crippen LogP contribution in [0.25, 0.3) is 0 Å². The molecule has 0 aliphatic carbocycles. The lowest BCUT2D eigenvalue weighted by Gasteiger charge is -1.99. The van der Waals surface area contributed by atoms with Crippen LogP contribution in [-0.4, -0.2) is 5.24 Å². The van der Waals surface area contributed by atoms with Crippen LogP contribution in [0.4, 0.5) is 4.39 Å². The Bertz CT molecular complexity index is 314. The molecule has 0 atom stereocenters. The fourth-order valence-electron chi connectivity index (χ4n) is 0.829. The van der Waals surface area contributed by atoms with Crippen molar-refractivity contribution in [3.05, 3.63) is 34.1 Å². The second kappa shape index (κ2) is 4.01. The van der Waals surface area contributed by atoms with Gasteiger partial charge >= 0.3 is 0 Å². The summed E-state index contributed by atoms with van der Waals surface area (Å²) in [4.78, 5) is 10.5. The largest absolute Gasteiger partial charge is 0.281 e. The molecule has 0 saturated heterocycles. The van der Waals surface area contributed by atoms with Gasteiger partial charge in [-0.1, -0.05) is 15.9 Å². The summed E-state index contributed by atoms with van der Waals surface area (Å²) in [7, 11) is 0. The molecule has 0 unspecified atom stereocenters. The molecule has 0 saturated carbocycles. The first-order valence-corrected chi connectivity index (χ1v) is 4.39. The van der Waals surface area contributed by atoms with E-state index in [1.165, 1.54) is 12.1 Å². The van der Waals surface area contributed by atoms with E-state index in [1.54, 1.807) is 6.07 Å². The first-order chi connectivity index (χ1) is 5.59. The molecular formula is C8H5BrClFO. The Hall–Kier alpha value is -0.410. The highest BCUT2D eigenvalue weighted by atomic mass is 79.9. The zero-order valence-corrected chi connectivity index (χ0v) is 8.32. The summed E-state index contributed by atoms with van der Waals surface area (Å²) in [6.07, 6.45) is 0.0416. The molecule has 0 aliphatic heterocycles. The molecule has 0 fully saturated rings. The minimum atomic E-state index is -0.499. The maximum absolute atomic E-state index is 12.6. The van der Waals surface area contributed by atoms with Gasteiger partial charge in [-0.25, -0.2) is 4.39 Å². The van der Waals surface area contributed by atoms with Crippen LogP contribution in [-0.2, 0) is 11.2 Å². The molecule has 0 aromatic heterocycles. The molecule has 12 heavy (non-hydrogen) atoms. The smallest absolute Gasteiger partial charge is 0.226 e. The molecule has 64 valence electrons. The van der Waals surface area contributed by atoms with E-state index in [9.17, 15) is 9.18 Å². The van der Waals surface area contributed by atoms with Crippen LogP contribution in [0.1, 0.15) is 5.56 Å². The molecule has 0 heterocycles. The number of halogens is 3. The van der Waals surface area contributed by atoms with Gasteiger partial charge in [-0.3, -0.25) is 4.79 Å². The molecule has 0 amide bonds. The zero-order valence-electron chi connectivity index (χ0n) is 5.98. The summed E-state index contributed by atoms with van der Waals surface area (Å²) in [5, 5.41) is -0.499. The standard InChI is InChI=1S/C8H5BrClFO/c9-7-2-1-6(11)3-5(7)4-8(10)12/h1-3H,4H2. The minimum Gasteiger partial charge on any atom is -0.281 e. The minimum absolute atomic E-state index is 0.0416. The van der Waals surface area contributed by atoms with Crippen molar-refractivity contribution in [1.82, 2.24) is 0 Å². The van der Waals surface area contributed by atoms with Crippen LogP contribution < -0.4 is 0 Å². The summed E-state index contributed by atoms with van der Waals surface area (Å²) in [6, 6.07) is 4.14. The maximum Gasteiger partial charge on any atom is 0.226 e. The van der Waals surface area contributed by atoms with Crippen LogP contribution in [0.15, 0.2) is 22.7 Å². The van der Waals surface area contributed by atoms with Crippen LogP contribution >= 0.6 is 27.5 Å². The van der Waals surface area contributed by atoms with Crippen molar-refractivity contribution in [2.45, 2.75) is 6.42 Å². The summed E-state index contributed by atoms with van der Waals surface area (Å²) in [5.74, 6) is -0.369. The summed E-state index contributed by atoms with van der Waals surface area (Å²) < 4.78 is 13.3. The monoisotopic (exact) mass is 250 g/mol. The van der Waals surface area contributed by atoms with Gasteiger partial charge in [-0.2, -0.15) is 0 Å². The van der Waals surface area contributed by atoms with Crippen molar-refractivity contribution in [2.75, 3.05) is 0 Å². The van der Waals surface area contributed by atoms with Gasteiger partial charge in [0, 0.05) is 10.9 Å². The Kier molecular flexibility index (Phi) is 3.23. The van der Waals surface area contributed by atoms with Gasteiger partial charge in [-0.05, 0) is 35.4 Å². The lowest BCUT2D eigenvalue weighted by Crippen LogP contribution is -1.95. The molecular weight excluding hydrogens is 246 g/mol. The Balaban J connectivity index is 2.97. The first kappa shape index (κ1) is 9.68. The van der Waals surface area contributed by atoms with Crippen LogP contribution in [0, 0.1) is 5.82 Å². The zero-order chi connectivity index (χ0) is 9.14. The number of carbonyl (C=O) groups is 1. The number of benzene rings is 1. The van der Waals surface area contributed by atoms with Crippen LogP contribution in [0.3, 0.4) is 0 Å². The van der Waals surface area contributed by atoms with Crippen LogP contribution in [0.5, 0.6) is 0 Å². The second-order valence-corrected chi connectivity index (χ2v) is 3.54. The van der Waals surface area contributed by atoms with Crippen molar-refractivity contribution in [1.29, 1.82) is 0 Å². The van der Waals surface area contributed by atoms with E-state index in [4.69, 9.17) is 11.6 Å². The third-order valence-corrected chi connectivity index (χ3v) is 2.24. The molecule has 1 aromatic carbocycles. The number of hydrogen-bond donors (Lipinski definition) is 0. The van der Waals surface area contributed by atoms with E-state index in [2.05, 4.69) is 15.9 Å². The molecule has 0 N–H and O–H groups in total. The SMILES string of the molecule is O=C(Cl)Cc1cc(F)ccc1Br. The van der Waals surface area contributed by atoms with Gasteiger partial charge in [0.1, 0.15) is 5.82 Å². The molecule has 0 aliphatic rings. The van der Waals surface area contributed by atoms with Crippen molar-refractivity contribution in [2.24, 2.45) is 0 Å². The van der Waals surface area contributed by atoms with E-state index in [0.717, 1.165) is 0 Å². The average molecular weight is 251 g/mol. The van der Waals surface area contributed by atoms with Gasteiger partial charge in [0.05, 0.1) is 0 Å². The highest BCUT2D eigenvalue weighted by Gasteiger charge is 2.05. The van der Waals surface area contributed by atoms with E-state index >= 15 is 0 Å². The van der Waals surface area contributed by atoms with Gasteiger partial charge in [0.2, 0.25) is 5.24 Å². The fraction of sp³-hybridized carbons (Fsp3) is 0.125.